The Balaban J connectivity index is 3.03. The molecule has 1 aromatic rings. The number of ether oxygens (including phenoxy) is 1. The van der Waals surface area contributed by atoms with Gasteiger partial charge < -0.3 is 10.5 Å². The maximum atomic E-state index is 6.30. The molecule has 108 valence electrons. The van der Waals surface area contributed by atoms with Crippen molar-refractivity contribution >= 4 is 11.6 Å². The Hall–Kier alpha value is -0.730. The number of benzene rings is 1. The molecule has 2 N–H and O–H groups in total. The SMILES string of the molecule is CCC(N)CCC(C)c1c(C)c(Cl)cc(C)c1OC. The van der Waals surface area contributed by atoms with E-state index in [1.54, 1.807) is 7.11 Å². The molecule has 0 aliphatic rings. The maximum absolute atomic E-state index is 6.30. The molecule has 3 heteroatoms. The average molecular weight is 284 g/mol. The first-order valence-electron chi connectivity index (χ1n) is 7.01. The molecule has 0 fully saturated rings. The Labute approximate surface area is 122 Å². The van der Waals surface area contributed by atoms with Crippen LogP contribution in [0.4, 0.5) is 0 Å². The van der Waals surface area contributed by atoms with Gasteiger partial charge in [0, 0.05) is 16.6 Å². The molecule has 0 spiro atoms. The molecule has 2 nitrogen and oxygen atoms in total. The van der Waals surface area contributed by atoms with E-state index < -0.39 is 0 Å². The fourth-order valence-corrected chi connectivity index (χ4v) is 2.82. The summed E-state index contributed by atoms with van der Waals surface area (Å²) in [6, 6.07) is 2.26. The third-order valence-corrected chi connectivity index (χ3v) is 4.29. The number of halogens is 1. The molecule has 1 rings (SSSR count). The quantitative estimate of drug-likeness (QED) is 0.829. The molecule has 19 heavy (non-hydrogen) atoms. The van der Waals surface area contributed by atoms with Crippen LogP contribution < -0.4 is 10.5 Å². The van der Waals surface area contributed by atoms with Gasteiger partial charge in [0.2, 0.25) is 0 Å². The summed E-state index contributed by atoms with van der Waals surface area (Å²) in [5.74, 6) is 1.38. The predicted octanol–water partition coefficient (Wildman–Crippen LogP) is 4.59. The van der Waals surface area contributed by atoms with Gasteiger partial charge in [-0.05, 0) is 56.2 Å². The highest BCUT2D eigenvalue weighted by atomic mass is 35.5. The average Bonchev–Trinajstić information content (AvgIpc) is 2.39. The van der Waals surface area contributed by atoms with Gasteiger partial charge in [0.15, 0.2) is 0 Å². The van der Waals surface area contributed by atoms with Crippen molar-refractivity contribution in [1.82, 2.24) is 0 Å². The zero-order valence-corrected chi connectivity index (χ0v) is 13.5. The first-order chi connectivity index (χ1) is 8.92. The molecule has 0 heterocycles. The summed E-state index contributed by atoms with van der Waals surface area (Å²) < 4.78 is 5.58. The van der Waals surface area contributed by atoms with Gasteiger partial charge in [-0.25, -0.2) is 0 Å². The third-order valence-electron chi connectivity index (χ3n) is 3.90. The van der Waals surface area contributed by atoms with Crippen LogP contribution in [-0.2, 0) is 0 Å². The Morgan fingerprint density at radius 3 is 2.47 bits per heavy atom. The minimum atomic E-state index is 0.286. The molecule has 0 amide bonds. The van der Waals surface area contributed by atoms with Crippen LogP contribution in [0.15, 0.2) is 6.07 Å². The van der Waals surface area contributed by atoms with E-state index in [0.29, 0.717) is 5.92 Å². The largest absolute Gasteiger partial charge is 0.496 e. The van der Waals surface area contributed by atoms with Gasteiger partial charge >= 0.3 is 0 Å². The van der Waals surface area contributed by atoms with Crippen molar-refractivity contribution in [1.29, 1.82) is 0 Å². The molecular formula is C16H26ClNO. The number of methoxy groups -OCH3 is 1. The van der Waals surface area contributed by atoms with E-state index in [1.165, 1.54) is 5.56 Å². The highest BCUT2D eigenvalue weighted by Crippen LogP contribution is 2.38. The molecule has 0 aliphatic heterocycles. The Morgan fingerprint density at radius 1 is 1.32 bits per heavy atom. The number of hydrogen-bond acceptors (Lipinski definition) is 2. The summed E-state index contributed by atoms with van der Waals surface area (Å²) in [7, 11) is 1.73. The molecule has 2 atom stereocenters. The Bertz CT molecular complexity index is 431. The van der Waals surface area contributed by atoms with Gasteiger partial charge in [-0.3, -0.25) is 0 Å². The van der Waals surface area contributed by atoms with Crippen molar-refractivity contribution in [3.63, 3.8) is 0 Å². The third kappa shape index (κ3) is 3.87. The smallest absolute Gasteiger partial charge is 0.125 e. The van der Waals surface area contributed by atoms with E-state index in [9.17, 15) is 0 Å². The van der Waals surface area contributed by atoms with Crippen molar-refractivity contribution < 1.29 is 4.74 Å². The second-order valence-electron chi connectivity index (χ2n) is 5.39. The number of nitrogens with two attached hydrogens (primary N) is 1. The number of hydrogen-bond donors (Lipinski definition) is 1. The first kappa shape index (κ1) is 16.3. The monoisotopic (exact) mass is 283 g/mol. The highest BCUT2D eigenvalue weighted by Gasteiger charge is 2.19. The summed E-state index contributed by atoms with van der Waals surface area (Å²) in [6.45, 7) is 8.46. The van der Waals surface area contributed by atoms with E-state index in [2.05, 4.69) is 20.8 Å². The second-order valence-corrected chi connectivity index (χ2v) is 5.80. The lowest BCUT2D eigenvalue weighted by atomic mass is 9.88. The summed E-state index contributed by atoms with van der Waals surface area (Å²) in [5, 5.41) is 0.819. The number of aryl methyl sites for hydroxylation is 1. The zero-order valence-electron chi connectivity index (χ0n) is 12.7. The van der Waals surface area contributed by atoms with Crippen LogP contribution in [-0.4, -0.2) is 13.2 Å². The lowest BCUT2D eigenvalue weighted by Crippen LogP contribution is -2.19. The molecule has 2 unspecified atom stereocenters. The second kappa shape index (κ2) is 7.16. The van der Waals surface area contributed by atoms with Crippen molar-refractivity contribution in [3.8, 4) is 5.75 Å². The topological polar surface area (TPSA) is 35.2 Å². The van der Waals surface area contributed by atoms with Crippen molar-refractivity contribution in [2.75, 3.05) is 7.11 Å². The molecule has 0 radical (unpaired) electrons. The molecule has 0 bridgehead atoms. The van der Waals surface area contributed by atoms with E-state index in [-0.39, 0.29) is 6.04 Å². The lowest BCUT2D eigenvalue weighted by Gasteiger charge is -2.22. The van der Waals surface area contributed by atoms with Crippen LogP contribution >= 0.6 is 11.6 Å². The fourth-order valence-electron chi connectivity index (χ4n) is 2.55. The van der Waals surface area contributed by atoms with E-state index in [4.69, 9.17) is 22.1 Å². The lowest BCUT2D eigenvalue weighted by molar-refractivity contribution is 0.399. The van der Waals surface area contributed by atoms with Crippen LogP contribution in [0.5, 0.6) is 5.75 Å². The van der Waals surface area contributed by atoms with Crippen molar-refractivity contribution in [2.24, 2.45) is 5.73 Å². The highest BCUT2D eigenvalue weighted by molar-refractivity contribution is 6.31. The summed E-state index contributed by atoms with van der Waals surface area (Å²) >= 11 is 6.30. The maximum Gasteiger partial charge on any atom is 0.125 e. The molecule has 1 aromatic carbocycles. The van der Waals surface area contributed by atoms with E-state index in [0.717, 1.165) is 41.2 Å². The van der Waals surface area contributed by atoms with Gasteiger partial charge in [-0.15, -0.1) is 0 Å². The fraction of sp³-hybridized carbons (Fsp3) is 0.625. The van der Waals surface area contributed by atoms with Crippen LogP contribution in [0.1, 0.15) is 55.7 Å². The summed E-state index contributed by atoms with van der Waals surface area (Å²) in [5.41, 5.74) is 9.47. The van der Waals surface area contributed by atoms with Gasteiger partial charge in [-0.1, -0.05) is 25.4 Å². The van der Waals surface area contributed by atoms with Crippen LogP contribution in [0.2, 0.25) is 5.02 Å². The van der Waals surface area contributed by atoms with Gasteiger partial charge in [-0.2, -0.15) is 0 Å². The van der Waals surface area contributed by atoms with Crippen LogP contribution in [0, 0.1) is 13.8 Å². The molecule has 0 aromatic heterocycles. The minimum Gasteiger partial charge on any atom is -0.496 e. The zero-order chi connectivity index (χ0) is 14.6. The van der Waals surface area contributed by atoms with Crippen molar-refractivity contribution in [3.05, 3.63) is 27.8 Å². The Kier molecular flexibility index (Phi) is 6.15. The summed E-state index contributed by atoms with van der Waals surface area (Å²) in [6.07, 6.45) is 3.12. The van der Waals surface area contributed by atoms with Gasteiger partial charge in [0.1, 0.15) is 5.75 Å². The van der Waals surface area contributed by atoms with Gasteiger partial charge in [0.25, 0.3) is 0 Å². The predicted molar refractivity (Wildman–Crippen MR) is 83.4 cm³/mol. The molecule has 0 aliphatic carbocycles. The van der Waals surface area contributed by atoms with Crippen LogP contribution in [0.25, 0.3) is 0 Å². The summed E-state index contributed by atoms with van der Waals surface area (Å²) in [4.78, 5) is 0. The molecule has 0 saturated carbocycles. The minimum absolute atomic E-state index is 0.286. The van der Waals surface area contributed by atoms with Crippen LogP contribution in [0.3, 0.4) is 0 Å². The van der Waals surface area contributed by atoms with Gasteiger partial charge in [0.05, 0.1) is 7.11 Å². The molecule has 0 saturated heterocycles. The van der Waals surface area contributed by atoms with Crippen molar-refractivity contribution in [2.45, 2.75) is 58.9 Å². The number of rotatable bonds is 6. The standard InChI is InChI=1S/C16H26ClNO/c1-6-13(18)8-7-10(2)15-12(4)14(17)9-11(3)16(15)19-5/h9-10,13H,6-8,18H2,1-5H3. The first-order valence-corrected chi connectivity index (χ1v) is 7.39. The van der Waals surface area contributed by atoms with E-state index in [1.807, 2.05) is 13.0 Å². The normalized spacial score (nSPS) is 14.3. The Morgan fingerprint density at radius 2 is 1.95 bits per heavy atom. The molecular weight excluding hydrogens is 258 g/mol. The van der Waals surface area contributed by atoms with E-state index >= 15 is 0 Å².